The zero-order valence-electron chi connectivity index (χ0n) is 24.9. The molecule has 3 atom stereocenters. The first-order valence-electron chi connectivity index (χ1n) is 14.4. The Labute approximate surface area is 244 Å². The second kappa shape index (κ2) is 8.93. The van der Waals surface area contributed by atoms with Crippen LogP contribution in [0.2, 0.25) is 0 Å². The van der Waals surface area contributed by atoms with Crippen LogP contribution >= 0.6 is 0 Å². The van der Waals surface area contributed by atoms with E-state index in [1.807, 2.05) is 42.7 Å². The minimum atomic E-state index is -2.59. The van der Waals surface area contributed by atoms with Crippen LogP contribution < -0.4 is 15.9 Å². The van der Waals surface area contributed by atoms with Crippen molar-refractivity contribution in [3.63, 3.8) is 0 Å². The van der Waals surface area contributed by atoms with Crippen molar-refractivity contribution >= 4 is 37.0 Å². The van der Waals surface area contributed by atoms with Crippen molar-refractivity contribution in [3.05, 3.63) is 57.7 Å². The highest BCUT2D eigenvalue weighted by molar-refractivity contribution is 8.03. The van der Waals surface area contributed by atoms with Gasteiger partial charge >= 0.3 is 0 Å². The van der Waals surface area contributed by atoms with Gasteiger partial charge in [-0.25, -0.2) is 8.93 Å². The molecule has 4 heterocycles. The Kier molecular flexibility index (Phi) is 5.79. The van der Waals surface area contributed by atoms with Gasteiger partial charge in [0, 0.05) is 65.6 Å². The van der Waals surface area contributed by atoms with Gasteiger partial charge in [0.05, 0.1) is 38.9 Å². The molecular formula is C30H37N7O4S. The molecule has 4 aliphatic rings. The predicted octanol–water partition coefficient (Wildman–Crippen LogP) is 1.88. The van der Waals surface area contributed by atoms with E-state index >= 15 is 0 Å². The molecule has 3 aromatic rings. The molecule has 0 bridgehead atoms. The Bertz CT molecular complexity index is 1990. The fraction of sp³-hybridized carbons (Fsp3) is 0.500. The zero-order valence-corrected chi connectivity index (χ0v) is 25.7. The molecule has 222 valence electrons. The van der Waals surface area contributed by atoms with Crippen LogP contribution in [0.25, 0.3) is 16.5 Å². The Balaban J connectivity index is 1.45. The van der Waals surface area contributed by atoms with Crippen molar-refractivity contribution in [2.24, 2.45) is 24.7 Å². The van der Waals surface area contributed by atoms with Gasteiger partial charge in [-0.2, -0.15) is 5.10 Å². The molecule has 2 aromatic heterocycles. The maximum atomic E-state index is 14.3. The molecule has 1 aromatic carbocycles. The average molecular weight is 592 g/mol. The van der Waals surface area contributed by atoms with E-state index in [1.54, 1.807) is 21.5 Å². The van der Waals surface area contributed by atoms with E-state index in [-0.39, 0.29) is 35.0 Å². The highest BCUT2D eigenvalue weighted by Gasteiger charge is 2.59. The summed E-state index contributed by atoms with van der Waals surface area (Å²) in [5, 5.41) is 8.98. The molecule has 2 saturated carbocycles. The lowest BCUT2D eigenvalue weighted by molar-refractivity contribution is -0.137. The summed E-state index contributed by atoms with van der Waals surface area (Å²) in [5.74, 6) is 0.208. The Hall–Kier alpha value is -3.64. The van der Waals surface area contributed by atoms with Crippen molar-refractivity contribution in [1.82, 2.24) is 28.5 Å². The number of carbonyl (C=O) groups excluding carboxylic acids is 1. The summed E-state index contributed by atoms with van der Waals surface area (Å²) in [7, 11) is 2.56. The van der Waals surface area contributed by atoms with Gasteiger partial charge in [0.25, 0.3) is 5.56 Å². The third-order valence-corrected chi connectivity index (χ3v) is 12.4. The summed E-state index contributed by atoms with van der Waals surface area (Å²) in [6, 6.07) is 3.75. The lowest BCUT2D eigenvalue weighted by atomic mass is 9.92. The van der Waals surface area contributed by atoms with Crippen LogP contribution in [-0.4, -0.2) is 64.0 Å². The molecule has 7 rings (SSSR count). The highest BCUT2D eigenvalue weighted by atomic mass is 32.2. The van der Waals surface area contributed by atoms with Crippen molar-refractivity contribution in [2.75, 3.05) is 13.7 Å². The van der Waals surface area contributed by atoms with E-state index in [0.29, 0.717) is 34.4 Å². The summed E-state index contributed by atoms with van der Waals surface area (Å²) in [5.41, 5.74) is 3.09. The van der Waals surface area contributed by atoms with Crippen molar-refractivity contribution in [3.8, 4) is 0 Å². The molecule has 42 heavy (non-hydrogen) atoms. The summed E-state index contributed by atoms with van der Waals surface area (Å²) >= 11 is 0. The van der Waals surface area contributed by atoms with Crippen LogP contribution in [0.15, 0.2) is 45.4 Å². The number of nitrogens with one attached hydrogen (secondary N) is 1. The van der Waals surface area contributed by atoms with Gasteiger partial charge in [-0.1, -0.05) is 13.0 Å². The Morgan fingerprint density at radius 1 is 1.26 bits per heavy atom. The number of rotatable bonds is 6. The van der Waals surface area contributed by atoms with Gasteiger partial charge in [-0.3, -0.25) is 18.8 Å². The SMILES string of the molecule is CO/N=c1/n(Cc2cnn(C)c2)c(=O)c2cc(S3(=O)=C4CC4(C)N3)cc(C3=CCN(C(=O)C4(C)CC4)[C@H](C)C3)c2n1C. The third-order valence-electron chi connectivity index (χ3n) is 9.47. The van der Waals surface area contributed by atoms with E-state index in [4.69, 9.17) is 4.84 Å². The average Bonchev–Trinajstić information content (AvgIpc) is 3.79. The first-order chi connectivity index (χ1) is 19.9. The van der Waals surface area contributed by atoms with Crippen LogP contribution in [0.1, 0.15) is 57.6 Å². The van der Waals surface area contributed by atoms with Gasteiger partial charge in [-0.05, 0) is 56.0 Å². The molecule has 2 fully saturated rings. The van der Waals surface area contributed by atoms with Crippen molar-refractivity contribution in [1.29, 1.82) is 0 Å². The van der Waals surface area contributed by atoms with E-state index < -0.39 is 9.71 Å². The smallest absolute Gasteiger partial charge is 0.263 e. The summed E-state index contributed by atoms with van der Waals surface area (Å²) in [6.07, 6.45) is 8.94. The molecule has 1 amide bonds. The van der Waals surface area contributed by atoms with Crippen molar-refractivity contribution < 1.29 is 13.8 Å². The second-order valence-corrected chi connectivity index (χ2v) is 15.1. The van der Waals surface area contributed by atoms with E-state index in [1.165, 1.54) is 7.11 Å². The molecule has 2 unspecified atom stereocenters. The Morgan fingerprint density at radius 2 is 2.02 bits per heavy atom. The van der Waals surface area contributed by atoms with Gasteiger partial charge in [0.1, 0.15) is 7.11 Å². The van der Waals surface area contributed by atoms with Gasteiger partial charge in [-0.15, -0.1) is 0 Å². The summed E-state index contributed by atoms with van der Waals surface area (Å²) in [6.45, 7) is 6.92. The van der Waals surface area contributed by atoms with E-state index in [9.17, 15) is 13.8 Å². The van der Waals surface area contributed by atoms with Crippen molar-refractivity contribution in [2.45, 2.75) is 69.5 Å². The lowest BCUT2D eigenvalue weighted by Crippen LogP contribution is -2.47. The number of hydrogen-bond acceptors (Lipinski definition) is 6. The Morgan fingerprint density at radius 3 is 2.60 bits per heavy atom. The quantitative estimate of drug-likeness (QED) is 0.347. The largest absolute Gasteiger partial charge is 0.396 e. The number of benzene rings is 1. The number of hydrogen-bond donors (Lipinski definition) is 1. The maximum absolute atomic E-state index is 14.3. The first-order valence-corrected chi connectivity index (χ1v) is 16.0. The molecule has 0 saturated heterocycles. The topological polar surface area (TPSA) is 116 Å². The molecule has 1 N–H and O–H groups in total. The normalized spacial score (nSPS) is 27.9. The second-order valence-electron chi connectivity index (χ2n) is 12.8. The first kappa shape index (κ1) is 27.2. The minimum absolute atomic E-state index is 0.00972. The fourth-order valence-electron chi connectivity index (χ4n) is 6.60. The summed E-state index contributed by atoms with van der Waals surface area (Å²) in [4.78, 5) is 36.3. The zero-order chi connectivity index (χ0) is 29.8. The number of aryl methyl sites for hydroxylation is 2. The number of aromatic nitrogens is 4. The number of fused-ring (bicyclic) bond motifs is 2. The van der Waals surface area contributed by atoms with Crippen LogP contribution in [0, 0.1) is 5.41 Å². The summed E-state index contributed by atoms with van der Waals surface area (Å²) < 4.78 is 22.6. The van der Waals surface area contributed by atoms with Gasteiger partial charge in [0.2, 0.25) is 11.5 Å². The molecule has 0 radical (unpaired) electrons. The molecule has 11 nitrogen and oxygen atoms in total. The monoisotopic (exact) mass is 591 g/mol. The highest BCUT2D eigenvalue weighted by Crippen LogP contribution is 2.48. The van der Waals surface area contributed by atoms with Crippen LogP contribution in [-0.2, 0) is 40.0 Å². The molecule has 2 aliphatic carbocycles. The number of carbonyl (C=O) groups is 1. The number of nitrogens with zero attached hydrogens (tertiary/aromatic N) is 6. The number of amides is 1. The van der Waals surface area contributed by atoms with E-state index in [0.717, 1.165) is 40.8 Å². The van der Waals surface area contributed by atoms with E-state index in [2.05, 4.69) is 34.9 Å². The van der Waals surface area contributed by atoms with Gasteiger partial charge < -0.3 is 14.3 Å². The minimum Gasteiger partial charge on any atom is -0.396 e. The third kappa shape index (κ3) is 3.94. The maximum Gasteiger partial charge on any atom is 0.263 e. The standard InChI is InChI=1S/C30H37N7O4S/c1-18-11-20(7-10-36(18)27(39)29(2)8-9-29)22-12-21(42(40)24-14-30(24,3)33-42)13-23-25(22)35(5)28(32-41-6)37(26(23)38)17-19-15-31-34(4)16-19/h7,12-13,15-16,18H,8-11,14,17H2,1-6H3,(H,33,40)/b32-28+/t18-,30?,42?/m1/s1. The van der Waals surface area contributed by atoms with Crippen LogP contribution in [0.5, 0.6) is 0 Å². The molecule has 0 spiro atoms. The predicted molar refractivity (Wildman–Crippen MR) is 161 cm³/mol. The lowest BCUT2D eigenvalue weighted by Gasteiger charge is -2.35. The van der Waals surface area contributed by atoms with Crippen LogP contribution in [0.3, 0.4) is 0 Å². The van der Waals surface area contributed by atoms with Gasteiger partial charge in [0.15, 0.2) is 0 Å². The molecule has 12 heteroatoms. The fourth-order valence-corrected chi connectivity index (χ4v) is 9.55. The van der Waals surface area contributed by atoms with Crippen LogP contribution in [0.4, 0.5) is 0 Å². The molecular weight excluding hydrogens is 554 g/mol. The molecule has 2 aliphatic heterocycles.